The Labute approximate surface area is 119 Å². The molecular formula is C14H11F3N4. The van der Waals surface area contributed by atoms with Crippen LogP contribution in [-0.4, -0.2) is 9.97 Å². The maximum atomic E-state index is 12.6. The summed E-state index contributed by atoms with van der Waals surface area (Å²) >= 11 is 0. The van der Waals surface area contributed by atoms with Gasteiger partial charge in [-0.15, -0.1) is 0 Å². The Morgan fingerprint density at radius 1 is 1.29 bits per heavy atom. The molecule has 0 aliphatic heterocycles. The second-order valence-electron chi connectivity index (χ2n) is 4.32. The Kier molecular flexibility index (Phi) is 4.08. The van der Waals surface area contributed by atoms with Crippen molar-refractivity contribution in [2.24, 2.45) is 0 Å². The number of alkyl halides is 3. The molecule has 0 atom stereocenters. The fourth-order valence-electron chi connectivity index (χ4n) is 1.76. The zero-order valence-corrected chi connectivity index (χ0v) is 11.1. The molecule has 2 rings (SSSR count). The highest BCUT2D eigenvalue weighted by Gasteiger charge is 2.31. The maximum absolute atomic E-state index is 12.6. The van der Waals surface area contributed by atoms with Crippen LogP contribution < -0.4 is 5.32 Å². The molecule has 7 heteroatoms. The van der Waals surface area contributed by atoms with Gasteiger partial charge in [-0.1, -0.05) is 0 Å². The molecule has 0 aliphatic carbocycles. The fraction of sp³-hybridized carbons (Fsp3) is 0.214. The number of hydrogen-bond acceptors (Lipinski definition) is 4. The van der Waals surface area contributed by atoms with E-state index in [-0.39, 0.29) is 5.56 Å². The van der Waals surface area contributed by atoms with Gasteiger partial charge >= 0.3 is 6.18 Å². The Hall–Kier alpha value is -2.62. The topological polar surface area (TPSA) is 61.6 Å². The Morgan fingerprint density at radius 3 is 2.67 bits per heavy atom. The van der Waals surface area contributed by atoms with Crippen LogP contribution in [0.4, 0.5) is 18.9 Å². The van der Waals surface area contributed by atoms with E-state index >= 15 is 0 Å². The first kappa shape index (κ1) is 14.8. The molecule has 0 radical (unpaired) electrons. The second-order valence-corrected chi connectivity index (χ2v) is 4.32. The minimum absolute atomic E-state index is 0.0596. The van der Waals surface area contributed by atoms with Gasteiger partial charge in [-0.3, -0.25) is 0 Å². The monoisotopic (exact) mass is 292 g/mol. The number of aryl methyl sites for hydroxylation is 1. The lowest BCUT2D eigenvalue weighted by Crippen LogP contribution is -2.08. The van der Waals surface area contributed by atoms with Gasteiger partial charge in [-0.25, -0.2) is 9.97 Å². The van der Waals surface area contributed by atoms with Gasteiger partial charge in [0.05, 0.1) is 29.1 Å². The fourth-order valence-corrected chi connectivity index (χ4v) is 1.76. The van der Waals surface area contributed by atoms with E-state index in [9.17, 15) is 13.2 Å². The largest absolute Gasteiger partial charge is 0.416 e. The van der Waals surface area contributed by atoms with Crippen molar-refractivity contribution in [3.8, 4) is 6.07 Å². The van der Waals surface area contributed by atoms with Crippen molar-refractivity contribution in [3.63, 3.8) is 0 Å². The highest BCUT2D eigenvalue weighted by Crippen LogP contribution is 2.31. The van der Waals surface area contributed by atoms with Crippen molar-refractivity contribution in [1.82, 2.24) is 9.97 Å². The predicted molar refractivity (Wildman–Crippen MR) is 70.3 cm³/mol. The van der Waals surface area contributed by atoms with Crippen molar-refractivity contribution < 1.29 is 13.2 Å². The molecule has 0 saturated carbocycles. The number of nitrogens with zero attached hydrogens (tertiary/aromatic N) is 3. The Morgan fingerprint density at radius 2 is 2.05 bits per heavy atom. The Balaban J connectivity index is 2.19. The molecule has 2 aromatic rings. The molecule has 1 heterocycles. The molecule has 0 unspecified atom stereocenters. The van der Waals surface area contributed by atoms with E-state index in [0.29, 0.717) is 23.8 Å². The molecule has 21 heavy (non-hydrogen) atoms. The van der Waals surface area contributed by atoms with Crippen LogP contribution in [0.2, 0.25) is 0 Å². The number of anilines is 1. The lowest BCUT2D eigenvalue weighted by molar-refractivity contribution is -0.137. The third-order valence-corrected chi connectivity index (χ3v) is 2.76. The summed E-state index contributed by atoms with van der Waals surface area (Å²) in [7, 11) is 0. The molecule has 108 valence electrons. The van der Waals surface area contributed by atoms with Crippen LogP contribution in [0, 0.1) is 18.3 Å². The third kappa shape index (κ3) is 3.69. The van der Waals surface area contributed by atoms with Gasteiger partial charge in [0.15, 0.2) is 0 Å². The minimum atomic E-state index is -4.46. The molecule has 0 amide bonds. The normalized spacial score (nSPS) is 11.0. The summed E-state index contributed by atoms with van der Waals surface area (Å²) in [6.07, 6.45) is -2.87. The van der Waals surface area contributed by atoms with Crippen molar-refractivity contribution in [2.45, 2.75) is 19.6 Å². The van der Waals surface area contributed by atoms with Crippen molar-refractivity contribution in [2.75, 3.05) is 5.32 Å². The zero-order chi connectivity index (χ0) is 15.5. The number of benzene rings is 1. The minimum Gasteiger partial charge on any atom is -0.378 e. The lowest BCUT2D eigenvalue weighted by Gasteiger charge is -2.11. The number of nitrogens with one attached hydrogen (secondary N) is 1. The zero-order valence-electron chi connectivity index (χ0n) is 11.1. The number of aromatic nitrogens is 2. The molecular weight excluding hydrogens is 281 g/mol. The van der Waals surface area contributed by atoms with E-state index in [2.05, 4.69) is 15.3 Å². The quantitative estimate of drug-likeness (QED) is 0.943. The van der Waals surface area contributed by atoms with Crippen LogP contribution in [0.5, 0.6) is 0 Å². The van der Waals surface area contributed by atoms with Gasteiger partial charge < -0.3 is 5.32 Å². The number of hydrogen-bond donors (Lipinski definition) is 1. The molecule has 0 saturated heterocycles. The maximum Gasteiger partial charge on any atom is 0.416 e. The van der Waals surface area contributed by atoms with Gasteiger partial charge in [0.25, 0.3) is 0 Å². The van der Waals surface area contributed by atoms with Crippen molar-refractivity contribution in [3.05, 3.63) is 53.1 Å². The third-order valence-electron chi connectivity index (χ3n) is 2.76. The van der Waals surface area contributed by atoms with E-state index < -0.39 is 11.7 Å². The summed E-state index contributed by atoms with van der Waals surface area (Å²) in [6, 6.07) is 6.46. The molecule has 1 N–H and O–H groups in total. The van der Waals surface area contributed by atoms with Crippen LogP contribution >= 0.6 is 0 Å². The SMILES string of the molecule is Cc1nccc(CNc2ccc(C(F)(F)F)cc2C#N)n1. The summed E-state index contributed by atoms with van der Waals surface area (Å²) in [5.74, 6) is 0.599. The average Bonchev–Trinajstić information content (AvgIpc) is 2.44. The van der Waals surface area contributed by atoms with Gasteiger partial charge in [0, 0.05) is 6.20 Å². The molecule has 0 spiro atoms. The number of nitriles is 1. The van der Waals surface area contributed by atoms with Crippen LogP contribution in [0.1, 0.15) is 22.6 Å². The van der Waals surface area contributed by atoms with Crippen LogP contribution in [0.3, 0.4) is 0 Å². The van der Waals surface area contributed by atoms with E-state index in [1.165, 1.54) is 6.07 Å². The summed E-state index contributed by atoms with van der Waals surface area (Å²) in [5, 5.41) is 11.9. The van der Waals surface area contributed by atoms with Crippen LogP contribution in [0.25, 0.3) is 0 Å². The van der Waals surface area contributed by atoms with Gasteiger partial charge in [0.2, 0.25) is 0 Å². The molecule has 0 aliphatic rings. The van der Waals surface area contributed by atoms with Gasteiger partial charge in [-0.05, 0) is 31.2 Å². The molecule has 0 bridgehead atoms. The van der Waals surface area contributed by atoms with Gasteiger partial charge in [0.1, 0.15) is 11.9 Å². The van der Waals surface area contributed by atoms with Crippen LogP contribution in [0.15, 0.2) is 30.5 Å². The standard InChI is InChI=1S/C14H11F3N4/c1-9-19-5-4-12(21-9)8-20-13-3-2-11(14(15,16)17)6-10(13)7-18/h2-6,20H,8H2,1H3. The molecule has 1 aromatic carbocycles. The summed E-state index contributed by atoms with van der Waals surface area (Å²) in [5.41, 5.74) is 0.117. The molecule has 1 aromatic heterocycles. The summed E-state index contributed by atoms with van der Waals surface area (Å²) < 4.78 is 37.8. The van der Waals surface area contributed by atoms with E-state index in [4.69, 9.17) is 5.26 Å². The highest BCUT2D eigenvalue weighted by molar-refractivity contribution is 5.59. The summed E-state index contributed by atoms with van der Waals surface area (Å²) in [4.78, 5) is 8.11. The van der Waals surface area contributed by atoms with E-state index in [0.717, 1.165) is 12.1 Å². The average molecular weight is 292 g/mol. The number of rotatable bonds is 3. The molecule has 0 fully saturated rings. The van der Waals surface area contributed by atoms with Crippen molar-refractivity contribution >= 4 is 5.69 Å². The predicted octanol–water partition coefficient (Wildman–Crippen LogP) is 3.29. The second kappa shape index (κ2) is 5.79. The number of halogens is 3. The first-order chi connectivity index (χ1) is 9.90. The summed E-state index contributed by atoms with van der Waals surface area (Å²) in [6.45, 7) is 2.03. The van der Waals surface area contributed by atoms with Crippen molar-refractivity contribution in [1.29, 1.82) is 5.26 Å². The van der Waals surface area contributed by atoms with E-state index in [1.54, 1.807) is 25.3 Å². The smallest absolute Gasteiger partial charge is 0.378 e. The van der Waals surface area contributed by atoms with Gasteiger partial charge in [-0.2, -0.15) is 18.4 Å². The Bertz CT molecular complexity index is 689. The molecule has 4 nitrogen and oxygen atoms in total. The lowest BCUT2D eigenvalue weighted by atomic mass is 10.1. The van der Waals surface area contributed by atoms with E-state index in [1.807, 2.05) is 0 Å². The highest BCUT2D eigenvalue weighted by atomic mass is 19.4. The first-order valence-electron chi connectivity index (χ1n) is 6.04. The first-order valence-corrected chi connectivity index (χ1v) is 6.04. The van der Waals surface area contributed by atoms with Crippen LogP contribution in [-0.2, 0) is 12.7 Å².